The van der Waals surface area contributed by atoms with E-state index in [1.54, 1.807) is 24.6 Å². The number of amides is 1. The van der Waals surface area contributed by atoms with E-state index >= 15 is 0 Å². The van der Waals surface area contributed by atoms with Crippen LogP contribution in [0.5, 0.6) is 0 Å². The third-order valence-electron chi connectivity index (χ3n) is 4.72. The number of nitrogen functional groups attached to an aromatic ring is 1. The summed E-state index contributed by atoms with van der Waals surface area (Å²) in [6, 6.07) is 5.41. The zero-order valence-electron chi connectivity index (χ0n) is 14.7. The molecule has 0 saturated carbocycles. The monoisotopic (exact) mass is 368 g/mol. The zero-order chi connectivity index (χ0) is 18.6. The normalized spacial score (nSPS) is 15.2. The van der Waals surface area contributed by atoms with Crippen molar-refractivity contribution in [3.05, 3.63) is 42.2 Å². The Morgan fingerprint density at radius 1 is 1.26 bits per heavy atom. The summed E-state index contributed by atoms with van der Waals surface area (Å²) in [5.74, 6) is 2.07. The molecule has 27 heavy (non-hydrogen) atoms. The average molecular weight is 368 g/mol. The van der Waals surface area contributed by atoms with Gasteiger partial charge in [0.1, 0.15) is 0 Å². The van der Waals surface area contributed by atoms with Crippen LogP contribution in [0.15, 0.2) is 39.6 Å². The van der Waals surface area contributed by atoms with Crippen LogP contribution < -0.4 is 5.73 Å². The first-order valence-corrected chi connectivity index (χ1v) is 8.91. The molecule has 4 rings (SSSR count). The number of furan rings is 1. The molecule has 0 spiro atoms. The number of aromatic nitrogens is 4. The Bertz CT molecular complexity index is 899. The Morgan fingerprint density at radius 2 is 2.11 bits per heavy atom. The number of carbonyl (C=O) groups excluding carboxylic acids is 1. The van der Waals surface area contributed by atoms with Crippen molar-refractivity contribution in [3.8, 4) is 11.6 Å². The largest absolute Gasteiger partial charge is 0.461 e. The number of piperidine rings is 1. The van der Waals surface area contributed by atoms with Gasteiger partial charge in [-0.15, -0.1) is 0 Å². The van der Waals surface area contributed by atoms with Gasteiger partial charge in [-0.1, -0.05) is 5.16 Å². The Morgan fingerprint density at radius 3 is 2.85 bits per heavy atom. The van der Waals surface area contributed by atoms with E-state index in [-0.39, 0.29) is 5.91 Å². The molecule has 1 amide bonds. The molecular weight excluding hydrogens is 348 g/mol. The van der Waals surface area contributed by atoms with Gasteiger partial charge in [0.05, 0.1) is 6.26 Å². The van der Waals surface area contributed by atoms with Crippen molar-refractivity contribution in [1.29, 1.82) is 0 Å². The van der Waals surface area contributed by atoms with Gasteiger partial charge in [-0.3, -0.25) is 4.79 Å². The Hall–Kier alpha value is -3.23. The molecule has 0 bridgehead atoms. The molecule has 0 unspecified atom stereocenters. The lowest BCUT2D eigenvalue weighted by Gasteiger charge is -2.31. The Kier molecular flexibility index (Phi) is 4.82. The second-order valence-corrected chi connectivity index (χ2v) is 6.48. The predicted molar refractivity (Wildman–Crippen MR) is 95.3 cm³/mol. The summed E-state index contributed by atoms with van der Waals surface area (Å²) >= 11 is 0. The smallest absolute Gasteiger partial charge is 0.238 e. The van der Waals surface area contributed by atoms with Gasteiger partial charge in [-0.25, -0.2) is 9.97 Å². The van der Waals surface area contributed by atoms with E-state index < -0.39 is 0 Å². The number of hydrogen-bond donors (Lipinski definition) is 1. The summed E-state index contributed by atoms with van der Waals surface area (Å²) in [6.45, 7) is 1.41. The average Bonchev–Trinajstić information content (AvgIpc) is 3.38. The minimum atomic E-state index is 0.0911. The fourth-order valence-electron chi connectivity index (χ4n) is 3.27. The Balaban J connectivity index is 1.27. The fraction of sp³-hybridized carbons (Fsp3) is 0.389. The molecule has 0 aliphatic carbocycles. The lowest BCUT2D eigenvalue weighted by molar-refractivity contribution is -0.132. The zero-order valence-corrected chi connectivity index (χ0v) is 14.7. The van der Waals surface area contributed by atoms with Gasteiger partial charge < -0.3 is 19.6 Å². The van der Waals surface area contributed by atoms with E-state index in [1.807, 2.05) is 11.0 Å². The molecule has 9 heteroatoms. The number of likely N-dealkylation sites (tertiary alicyclic amines) is 1. The highest BCUT2D eigenvalue weighted by atomic mass is 16.5. The maximum atomic E-state index is 12.5. The van der Waals surface area contributed by atoms with E-state index in [1.165, 1.54) is 0 Å². The van der Waals surface area contributed by atoms with Crippen molar-refractivity contribution in [2.24, 2.45) is 0 Å². The molecule has 3 aromatic rings. The van der Waals surface area contributed by atoms with Gasteiger partial charge in [-0.05, 0) is 31.0 Å². The quantitative estimate of drug-likeness (QED) is 0.725. The molecule has 0 radical (unpaired) electrons. The van der Waals surface area contributed by atoms with Crippen LogP contribution in [0, 0.1) is 0 Å². The first-order valence-electron chi connectivity index (χ1n) is 8.91. The maximum absolute atomic E-state index is 12.5. The third kappa shape index (κ3) is 3.97. The second kappa shape index (κ2) is 7.56. The van der Waals surface area contributed by atoms with E-state index in [2.05, 4.69) is 20.1 Å². The first kappa shape index (κ1) is 17.2. The number of nitrogens with two attached hydrogens (primary N) is 1. The van der Waals surface area contributed by atoms with E-state index in [0.717, 1.165) is 18.5 Å². The predicted octanol–water partition coefficient (Wildman–Crippen LogP) is 2.04. The van der Waals surface area contributed by atoms with Crippen LogP contribution in [0.2, 0.25) is 0 Å². The van der Waals surface area contributed by atoms with Gasteiger partial charge in [0.25, 0.3) is 0 Å². The number of aryl methyl sites for hydroxylation is 1. The molecule has 3 aromatic heterocycles. The van der Waals surface area contributed by atoms with Crippen LogP contribution in [0.25, 0.3) is 11.6 Å². The van der Waals surface area contributed by atoms with E-state index in [4.69, 9.17) is 14.7 Å². The molecule has 1 fully saturated rings. The van der Waals surface area contributed by atoms with Crippen LogP contribution in [0.4, 0.5) is 5.95 Å². The second-order valence-electron chi connectivity index (χ2n) is 6.48. The highest BCUT2D eigenvalue weighted by Gasteiger charge is 2.25. The summed E-state index contributed by atoms with van der Waals surface area (Å²) in [7, 11) is 0. The number of anilines is 1. The lowest BCUT2D eigenvalue weighted by atomic mass is 9.93. The van der Waals surface area contributed by atoms with Crippen LogP contribution in [-0.2, 0) is 11.2 Å². The van der Waals surface area contributed by atoms with Crippen molar-refractivity contribution < 1.29 is 13.7 Å². The molecule has 2 N–H and O–H groups in total. The highest BCUT2D eigenvalue weighted by Crippen LogP contribution is 2.27. The molecule has 9 nitrogen and oxygen atoms in total. The van der Waals surface area contributed by atoms with Gasteiger partial charge in [0.15, 0.2) is 5.76 Å². The summed E-state index contributed by atoms with van der Waals surface area (Å²) < 4.78 is 10.4. The summed E-state index contributed by atoms with van der Waals surface area (Å²) in [5.41, 5.74) is 6.61. The van der Waals surface area contributed by atoms with Crippen LogP contribution in [0.3, 0.4) is 0 Å². The van der Waals surface area contributed by atoms with Crippen molar-refractivity contribution in [2.75, 3.05) is 18.8 Å². The van der Waals surface area contributed by atoms with Gasteiger partial charge in [0, 0.05) is 43.7 Å². The lowest BCUT2D eigenvalue weighted by Crippen LogP contribution is -2.38. The number of rotatable bonds is 5. The van der Waals surface area contributed by atoms with Crippen molar-refractivity contribution in [3.63, 3.8) is 0 Å². The summed E-state index contributed by atoms with van der Waals surface area (Å²) in [6.07, 6.45) is 5.71. The topological polar surface area (TPSA) is 124 Å². The first-order chi connectivity index (χ1) is 13.2. The molecule has 1 aliphatic rings. The number of carbonyl (C=O) groups is 1. The summed E-state index contributed by atoms with van der Waals surface area (Å²) in [4.78, 5) is 26.8. The van der Waals surface area contributed by atoms with Crippen LogP contribution >= 0.6 is 0 Å². The molecule has 140 valence electrons. The molecule has 1 aliphatic heterocycles. The van der Waals surface area contributed by atoms with E-state index in [9.17, 15) is 4.79 Å². The van der Waals surface area contributed by atoms with Crippen LogP contribution in [0.1, 0.15) is 36.8 Å². The highest BCUT2D eigenvalue weighted by molar-refractivity contribution is 5.76. The standard InChI is InChI=1S/C18H20N6O3/c19-18-20-8-5-13(21-18)12-6-9-24(10-7-12)16(25)4-3-15-22-17(23-27-15)14-2-1-11-26-14/h1-2,5,8,11-12H,3-4,6-7,9-10H2,(H2,19,20,21). The third-order valence-corrected chi connectivity index (χ3v) is 4.72. The molecule has 0 aromatic carbocycles. The minimum Gasteiger partial charge on any atom is -0.461 e. The number of hydrogen-bond acceptors (Lipinski definition) is 8. The molecule has 0 atom stereocenters. The number of nitrogens with zero attached hydrogens (tertiary/aromatic N) is 5. The molecule has 1 saturated heterocycles. The Labute approximate surface area is 155 Å². The minimum absolute atomic E-state index is 0.0911. The maximum Gasteiger partial charge on any atom is 0.238 e. The van der Waals surface area contributed by atoms with Gasteiger partial charge >= 0.3 is 0 Å². The van der Waals surface area contributed by atoms with Crippen molar-refractivity contribution >= 4 is 11.9 Å². The van der Waals surface area contributed by atoms with Crippen LogP contribution in [-0.4, -0.2) is 44.0 Å². The molecular formula is C18H20N6O3. The van der Waals surface area contributed by atoms with Crippen molar-refractivity contribution in [1.82, 2.24) is 25.0 Å². The molecule has 4 heterocycles. The fourth-order valence-corrected chi connectivity index (χ4v) is 3.27. The summed E-state index contributed by atoms with van der Waals surface area (Å²) in [5, 5.41) is 3.87. The van der Waals surface area contributed by atoms with Crippen molar-refractivity contribution in [2.45, 2.75) is 31.6 Å². The van der Waals surface area contributed by atoms with Gasteiger partial charge in [-0.2, -0.15) is 4.98 Å². The SMILES string of the molecule is Nc1nccc(C2CCN(C(=O)CCc3nc(-c4ccco4)no3)CC2)n1. The van der Waals surface area contributed by atoms with Gasteiger partial charge in [0.2, 0.25) is 23.6 Å². The van der Waals surface area contributed by atoms with E-state index in [0.29, 0.717) is 55.3 Å².